The van der Waals surface area contributed by atoms with Gasteiger partial charge < -0.3 is 59.5 Å². The number of benzene rings is 2. The number of H-pyrrole nitrogens is 2. The number of hydrogen-bond donors (Lipinski definition) is 11. The number of fused-ring (bicyclic) bond motifs is 1. The minimum absolute atomic E-state index is 0.0144. The second-order valence-corrected chi connectivity index (χ2v) is 15.1. The fourth-order valence-corrected chi connectivity index (χ4v) is 6.48. The van der Waals surface area contributed by atoms with E-state index < -0.39 is 71.7 Å². The molecule has 0 saturated carbocycles. The number of guanidine groups is 1. The number of amides is 6. The molecule has 19 heteroatoms. The molecule has 6 atom stereocenters. The lowest BCUT2D eigenvalue weighted by molar-refractivity contribution is -0.135. The van der Waals surface area contributed by atoms with Gasteiger partial charge in [0.15, 0.2) is 5.96 Å². The lowest BCUT2D eigenvalue weighted by Crippen LogP contribution is -2.60. The summed E-state index contributed by atoms with van der Waals surface area (Å²) in [4.78, 5) is 95.1. The van der Waals surface area contributed by atoms with Crippen LogP contribution in [0.15, 0.2) is 78.3 Å². The van der Waals surface area contributed by atoms with Crippen LogP contribution in [0.4, 0.5) is 0 Å². The molecule has 0 spiro atoms. The van der Waals surface area contributed by atoms with E-state index in [2.05, 4.69) is 46.5 Å². The third-order valence-electron chi connectivity index (χ3n) is 9.68. The lowest BCUT2D eigenvalue weighted by atomic mass is 10.0. The molecule has 4 rings (SSSR count). The first-order chi connectivity index (χ1) is 28.6. The maximum atomic E-state index is 14.4. The highest BCUT2D eigenvalue weighted by Crippen LogP contribution is 2.20. The van der Waals surface area contributed by atoms with Crippen LogP contribution in [0.25, 0.3) is 10.9 Å². The highest BCUT2D eigenvalue weighted by molar-refractivity contribution is 5.97. The predicted octanol–water partition coefficient (Wildman–Crippen LogP) is -0.725. The molecule has 2 heterocycles. The minimum atomic E-state index is -1.27. The highest BCUT2D eigenvalue weighted by atomic mass is 16.2. The van der Waals surface area contributed by atoms with Crippen molar-refractivity contribution in [3.8, 4) is 0 Å². The Hall–Kier alpha value is -6.76. The molecule has 0 aliphatic carbocycles. The number of primary amides is 1. The van der Waals surface area contributed by atoms with E-state index in [1.54, 1.807) is 30.5 Å². The van der Waals surface area contributed by atoms with Crippen molar-refractivity contribution in [2.24, 2.45) is 33.8 Å². The van der Waals surface area contributed by atoms with Gasteiger partial charge in [0.05, 0.1) is 12.4 Å². The van der Waals surface area contributed by atoms with Crippen molar-refractivity contribution in [3.05, 3.63) is 90.1 Å². The maximum absolute atomic E-state index is 14.4. The van der Waals surface area contributed by atoms with Crippen LogP contribution >= 0.6 is 0 Å². The van der Waals surface area contributed by atoms with Crippen LogP contribution in [0.5, 0.6) is 0 Å². The van der Waals surface area contributed by atoms with Gasteiger partial charge in [0.1, 0.15) is 30.2 Å². The normalized spacial score (nSPS) is 14.2. The first kappa shape index (κ1) is 45.9. The van der Waals surface area contributed by atoms with Gasteiger partial charge in [-0.1, -0.05) is 62.4 Å². The van der Waals surface area contributed by atoms with Crippen LogP contribution < -0.4 is 49.5 Å². The lowest BCUT2D eigenvalue weighted by Gasteiger charge is -2.27. The van der Waals surface area contributed by atoms with E-state index in [0.717, 1.165) is 16.5 Å². The molecule has 0 aliphatic rings. The number of nitrogens with zero attached hydrogens (tertiary/aromatic N) is 2. The maximum Gasteiger partial charge on any atom is 0.243 e. The second kappa shape index (κ2) is 22.4. The van der Waals surface area contributed by atoms with Gasteiger partial charge in [0.25, 0.3) is 0 Å². The molecule has 2 aromatic carbocycles. The summed E-state index contributed by atoms with van der Waals surface area (Å²) in [6.07, 6.45) is 5.57. The number of carbonyl (C=O) groups is 6. The number of aliphatic imine (C=N–C) groups is 1. The van der Waals surface area contributed by atoms with Gasteiger partial charge in [0, 0.05) is 54.8 Å². The first-order valence-electron chi connectivity index (χ1n) is 19.8. The monoisotopic (exact) mass is 827 g/mol. The largest absolute Gasteiger partial charge is 0.370 e. The molecule has 19 nitrogen and oxygen atoms in total. The molecule has 0 bridgehead atoms. The average Bonchev–Trinajstić information content (AvgIpc) is 3.88. The minimum Gasteiger partial charge on any atom is -0.370 e. The number of hydrogen-bond acceptors (Lipinski definition) is 9. The summed E-state index contributed by atoms with van der Waals surface area (Å²) >= 11 is 0. The molecule has 0 fully saturated rings. The van der Waals surface area contributed by atoms with E-state index in [4.69, 9.17) is 22.9 Å². The topological polar surface area (TPSA) is 323 Å². The third-order valence-corrected chi connectivity index (χ3v) is 9.68. The summed E-state index contributed by atoms with van der Waals surface area (Å²) in [5, 5.41) is 14.4. The number of nitrogens with one attached hydrogen (secondary N) is 7. The van der Waals surface area contributed by atoms with E-state index >= 15 is 0 Å². The number of imidazole rings is 1. The van der Waals surface area contributed by atoms with Gasteiger partial charge in [0.2, 0.25) is 35.4 Å². The zero-order valence-electron chi connectivity index (χ0n) is 34.1. The Morgan fingerprint density at radius 1 is 0.700 bits per heavy atom. The van der Waals surface area contributed by atoms with Crippen LogP contribution in [0.1, 0.15) is 56.9 Å². The van der Waals surface area contributed by atoms with Gasteiger partial charge in [-0.2, -0.15) is 0 Å². The van der Waals surface area contributed by atoms with Gasteiger partial charge in [-0.25, -0.2) is 4.98 Å². The van der Waals surface area contributed by atoms with E-state index in [9.17, 15) is 28.8 Å². The summed E-state index contributed by atoms with van der Waals surface area (Å²) in [6.45, 7) is 5.45. The zero-order valence-corrected chi connectivity index (χ0v) is 34.1. The van der Waals surface area contributed by atoms with E-state index in [1.165, 1.54) is 19.4 Å². The van der Waals surface area contributed by atoms with E-state index in [1.807, 2.05) is 44.2 Å². The van der Waals surface area contributed by atoms with Crippen LogP contribution in [0.2, 0.25) is 0 Å². The number of rotatable bonds is 23. The molecule has 0 radical (unpaired) electrons. The summed E-state index contributed by atoms with van der Waals surface area (Å²) in [5.74, 6) is -4.10. The van der Waals surface area contributed by atoms with Gasteiger partial charge in [-0.3, -0.25) is 33.8 Å². The van der Waals surface area contributed by atoms with Gasteiger partial charge in [-0.05, 0) is 49.3 Å². The van der Waals surface area contributed by atoms with Crippen molar-refractivity contribution >= 4 is 52.3 Å². The SMILES string of the molecule is CC(C)C[C@H](NC(=O)[C@H](C)NC(=O)[C@H](Cc1cnc[nH]1)NC(=O)[C@H](Cc1c[nH]c2ccccc12)NC(=O)[C@H](Cc1ccccc1)NC(=O)[C@@H](N)CCCN=C(N)N)C(N)=O. The Balaban J connectivity index is 1.60. The van der Waals surface area contributed by atoms with Crippen LogP contribution in [-0.2, 0) is 48.0 Å². The number of carbonyl (C=O) groups excluding carboxylic acids is 6. The van der Waals surface area contributed by atoms with E-state index in [0.29, 0.717) is 24.1 Å². The first-order valence-corrected chi connectivity index (χ1v) is 19.8. The predicted molar refractivity (Wildman–Crippen MR) is 226 cm³/mol. The van der Waals surface area contributed by atoms with Crippen molar-refractivity contribution in [1.29, 1.82) is 0 Å². The zero-order chi connectivity index (χ0) is 43.8. The van der Waals surface area contributed by atoms with Crippen molar-refractivity contribution in [2.45, 2.75) is 95.5 Å². The highest BCUT2D eigenvalue weighted by Gasteiger charge is 2.33. The fourth-order valence-electron chi connectivity index (χ4n) is 6.48. The smallest absolute Gasteiger partial charge is 0.243 e. The quantitative estimate of drug-likeness (QED) is 0.0253. The molecule has 60 heavy (non-hydrogen) atoms. The third kappa shape index (κ3) is 14.3. The molecule has 0 unspecified atom stereocenters. The number of aromatic nitrogens is 3. The van der Waals surface area contributed by atoms with Crippen LogP contribution in [0.3, 0.4) is 0 Å². The summed E-state index contributed by atoms with van der Waals surface area (Å²) in [6, 6.07) is 9.69. The Morgan fingerprint density at radius 3 is 1.93 bits per heavy atom. The van der Waals surface area contributed by atoms with Gasteiger partial charge >= 0.3 is 0 Å². The molecule has 15 N–H and O–H groups in total. The molecule has 2 aromatic heterocycles. The number of aromatic amines is 2. The molecule has 6 amide bonds. The molecular weight excluding hydrogens is 771 g/mol. The van der Waals surface area contributed by atoms with Crippen molar-refractivity contribution in [1.82, 2.24) is 41.5 Å². The molecule has 0 saturated heterocycles. The average molecular weight is 828 g/mol. The Kier molecular flexibility index (Phi) is 17.2. The van der Waals surface area contributed by atoms with Crippen LogP contribution in [-0.4, -0.2) is 99.2 Å². The second-order valence-electron chi connectivity index (χ2n) is 15.1. The molecule has 0 aliphatic heterocycles. The van der Waals surface area contributed by atoms with Crippen molar-refractivity contribution < 1.29 is 28.8 Å². The number of para-hydroxylation sites is 1. The van der Waals surface area contributed by atoms with Gasteiger partial charge in [-0.15, -0.1) is 0 Å². The Bertz CT molecular complexity index is 2080. The van der Waals surface area contributed by atoms with Crippen molar-refractivity contribution in [2.75, 3.05) is 6.54 Å². The number of nitrogens with two attached hydrogens (primary N) is 4. The van der Waals surface area contributed by atoms with Crippen LogP contribution in [0, 0.1) is 5.92 Å². The van der Waals surface area contributed by atoms with Crippen molar-refractivity contribution in [3.63, 3.8) is 0 Å². The van der Waals surface area contributed by atoms with E-state index in [-0.39, 0.29) is 44.1 Å². The summed E-state index contributed by atoms with van der Waals surface area (Å²) in [5.41, 5.74) is 25.2. The molecule has 4 aromatic rings. The summed E-state index contributed by atoms with van der Waals surface area (Å²) in [7, 11) is 0. The Labute approximate surface area is 348 Å². The standard InChI is InChI=1S/C41H57N13O6/c1-23(2)16-31(35(43)55)51-36(56)24(3)50-38(58)34(19-27-21-46-22-49-27)54-40(60)33(18-26-20-48-30-14-8-7-12-28(26)30)53-39(59)32(17-25-10-5-4-6-11-25)52-37(57)29(42)13-9-15-47-41(44)45/h4-8,10-12,14,20-24,29,31-34,48H,9,13,15-19,42H2,1-3H3,(H2,43,55)(H,46,49)(H,50,58)(H,51,56)(H,52,57)(H,53,59)(H,54,60)(H4,44,45,47)/t24-,29-,31-,32-,33-,34-/m0/s1. The molecular formula is C41H57N13O6. The Morgan fingerprint density at radius 2 is 1.30 bits per heavy atom. The molecule has 322 valence electrons. The fraction of sp³-hybridized carbons (Fsp3) is 0.415. The summed E-state index contributed by atoms with van der Waals surface area (Å²) < 4.78 is 0.